The topological polar surface area (TPSA) is 138 Å². The molecule has 0 spiro atoms. The number of aliphatic hydroxyl groups excluding tert-OH is 2. The molecule has 1 heterocycles. The Balaban J connectivity index is 1.26. The van der Waals surface area contributed by atoms with E-state index in [0.29, 0.717) is 47.7 Å². The number of carbonyl (C=O) groups excluding carboxylic acids is 1. The van der Waals surface area contributed by atoms with Gasteiger partial charge in [-0.05, 0) is 73.0 Å². The number of pyridine rings is 1. The number of hydrogen-bond donors (Lipinski definition) is 3. The van der Waals surface area contributed by atoms with E-state index in [1.54, 1.807) is 18.3 Å². The number of aliphatic hydroxyl groups is 2. The highest BCUT2D eigenvalue weighted by Gasteiger charge is 2.22. The second-order valence-electron chi connectivity index (χ2n) is 11.4. The number of hydrogen-bond acceptors (Lipinski definition) is 9. The summed E-state index contributed by atoms with van der Waals surface area (Å²) in [4.78, 5) is 18.9. The largest absolute Gasteiger partial charge is 0.491 e. The quantitative estimate of drug-likeness (QED) is 0.133. The summed E-state index contributed by atoms with van der Waals surface area (Å²) in [5.41, 5.74) is 2.70. The lowest BCUT2D eigenvalue weighted by molar-refractivity contribution is 0.0335. The fourth-order valence-electron chi connectivity index (χ4n) is 5.22. The van der Waals surface area contributed by atoms with E-state index in [4.69, 9.17) is 9.47 Å². The molecule has 0 aliphatic heterocycles. The monoisotopic (exact) mass is 669 g/mol. The van der Waals surface area contributed by atoms with Crippen LogP contribution >= 0.6 is 0 Å². The van der Waals surface area contributed by atoms with Gasteiger partial charge in [0.05, 0.1) is 17.9 Å². The highest BCUT2D eigenvalue weighted by Crippen LogP contribution is 2.30. The number of ether oxygens (including phenoxy) is 2. The molecule has 0 radical (unpaired) electrons. The van der Waals surface area contributed by atoms with Crippen molar-refractivity contribution in [3.05, 3.63) is 132 Å². The van der Waals surface area contributed by atoms with Gasteiger partial charge in [-0.25, -0.2) is 13.1 Å². The van der Waals surface area contributed by atoms with Gasteiger partial charge in [0.2, 0.25) is 10.0 Å². The first-order chi connectivity index (χ1) is 23.2. The lowest BCUT2D eigenvalue weighted by Crippen LogP contribution is -2.44. The van der Waals surface area contributed by atoms with Crippen molar-refractivity contribution in [1.82, 2.24) is 14.6 Å². The van der Waals surface area contributed by atoms with Crippen molar-refractivity contribution in [2.45, 2.75) is 32.0 Å². The molecular weight excluding hydrogens is 630 g/mol. The number of fused-ring (bicyclic) bond motifs is 1. The van der Waals surface area contributed by atoms with E-state index < -0.39 is 22.0 Å². The molecule has 0 fully saturated rings. The van der Waals surface area contributed by atoms with Crippen molar-refractivity contribution in [2.75, 3.05) is 25.5 Å². The smallest absolute Gasteiger partial charge is 0.264 e. The van der Waals surface area contributed by atoms with Crippen molar-refractivity contribution < 1.29 is 32.9 Å². The number of benzene rings is 4. The van der Waals surface area contributed by atoms with Crippen LogP contribution in [-0.2, 0) is 23.0 Å². The third kappa shape index (κ3) is 9.61. The summed E-state index contributed by atoms with van der Waals surface area (Å²) in [7, 11) is -3.70. The van der Waals surface area contributed by atoms with Crippen molar-refractivity contribution in [3.63, 3.8) is 0 Å². The number of sulfonamides is 1. The Kier molecular flexibility index (Phi) is 11.8. The van der Waals surface area contributed by atoms with Gasteiger partial charge in [-0.1, -0.05) is 60.7 Å². The fourth-order valence-corrected chi connectivity index (χ4v) is 5.76. The standard InChI is InChI=1S/C37H39N3O7S/c1-2-48(44,45)39-37(43)29-15-18-34-35(22-29)38-20-19-36(34)47-33-16-13-27(14-17-33)21-30(25-41)40(23-28-9-5-3-6-10-28)24-31(42)26-46-32-11-7-4-8-12-32/h3-20,22,30-31,41-42H,2,21,23-26H2,1H3,(H,39,43)/t30-,31-/m0/s1. The molecule has 1 aromatic heterocycles. The van der Waals surface area contributed by atoms with E-state index in [1.807, 2.05) is 89.7 Å². The van der Waals surface area contributed by atoms with E-state index in [1.165, 1.54) is 19.1 Å². The Morgan fingerprint density at radius 2 is 1.60 bits per heavy atom. The summed E-state index contributed by atoms with van der Waals surface area (Å²) in [6.45, 7) is 2.32. The first-order valence-corrected chi connectivity index (χ1v) is 17.3. The second kappa shape index (κ2) is 16.3. The van der Waals surface area contributed by atoms with Crippen LogP contribution in [0.4, 0.5) is 0 Å². The maximum atomic E-state index is 12.5. The highest BCUT2D eigenvalue weighted by molar-refractivity contribution is 7.90. The molecule has 0 unspecified atom stereocenters. The molecule has 11 heteroatoms. The first-order valence-electron chi connectivity index (χ1n) is 15.7. The van der Waals surface area contributed by atoms with E-state index >= 15 is 0 Å². The summed E-state index contributed by atoms with van der Waals surface area (Å²) in [6.07, 6.45) is 1.32. The molecule has 0 saturated heterocycles. The summed E-state index contributed by atoms with van der Waals surface area (Å²) in [5.74, 6) is 0.860. The van der Waals surface area contributed by atoms with Gasteiger partial charge >= 0.3 is 0 Å². The van der Waals surface area contributed by atoms with Crippen molar-refractivity contribution in [1.29, 1.82) is 0 Å². The number of nitrogens with zero attached hydrogens (tertiary/aromatic N) is 2. The van der Waals surface area contributed by atoms with Crippen LogP contribution in [0.25, 0.3) is 10.9 Å². The van der Waals surface area contributed by atoms with E-state index in [2.05, 4.69) is 9.88 Å². The molecular formula is C37H39N3O7S. The van der Waals surface area contributed by atoms with Crippen molar-refractivity contribution in [3.8, 4) is 17.2 Å². The predicted octanol–water partition coefficient (Wildman–Crippen LogP) is 4.95. The molecule has 0 aliphatic carbocycles. The molecule has 5 aromatic rings. The summed E-state index contributed by atoms with van der Waals surface area (Å²) in [6, 6.07) is 33.0. The zero-order valence-corrected chi connectivity index (χ0v) is 27.4. The minimum Gasteiger partial charge on any atom is -0.491 e. The van der Waals surface area contributed by atoms with Crippen molar-refractivity contribution >= 4 is 26.8 Å². The number of aromatic nitrogens is 1. The zero-order valence-electron chi connectivity index (χ0n) is 26.6. The van der Waals surface area contributed by atoms with E-state index in [9.17, 15) is 23.4 Å². The van der Waals surface area contributed by atoms with Gasteiger partial charge in [0, 0.05) is 36.3 Å². The second-order valence-corrected chi connectivity index (χ2v) is 13.4. The number of para-hydroxylation sites is 1. The minimum atomic E-state index is -3.70. The van der Waals surface area contributed by atoms with Crippen LogP contribution in [0.15, 0.2) is 115 Å². The summed E-state index contributed by atoms with van der Waals surface area (Å²) < 4.78 is 37.6. The van der Waals surface area contributed by atoms with Gasteiger partial charge in [-0.2, -0.15) is 0 Å². The van der Waals surface area contributed by atoms with Gasteiger partial charge in [0.15, 0.2) is 0 Å². The van der Waals surface area contributed by atoms with Crippen molar-refractivity contribution in [2.24, 2.45) is 0 Å². The molecule has 0 bridgehead atoms. The van der Waals surface area contributed by atoms with Gasteiger partial charge in [-0.3, -0.25) is 14.7 Å². The summed E-state index contributed by atoms with van der Waals surface area (Å²) in [5, 5.41) is 22.0. The Morgan fingerprint density at radius 3 is 2.29 bits per heavy atom. The molecule has 48 heavy (non-hydrogen) atoms. The lowest BCUT2D eigenvalue weighted by Gasteiger charge is -2.32. The third-order valence-corrected chi connectivity index (χ3v) is 9.06. The Morgan fingerprint density at radius 1 is 0.896 bits per heavy atom. The average Bonchev–Trinajstić information content (AvgIpc) is 3.11. The van der Waals surface area contributed by atoms with Crippen LogP contribution in [0.5, 0.6) is 17.2 Å². The van der Waals surface area contributed by atoms with E-state index in [-0.39, 0.29) is 30.6 Å². The average molecular weight is 670 g/mol. The van der Waals surface area contributed by atoms with Crippen LogP contribution in [-0.4, -0.2) is 72.1 Å². The lowest BCUT2D eigenvalue weighted by atomic mass is 10.0. The normalized spacial score (nSPS) is 12.8. The Labute approximate surface area is 280 Å². The maximum Gasteiger partial charge on any atom is 0.264 e. The highest BCUT2D eigenvalue weighted by atomic mass is 32.2. The van der Waals surface area contributed by atoms with Crippen LogP contribution in [0, 0.1) is 0 Å². The molecule has 250 valence electrons. The third-order valence-electron chi connectivity index (χ3n) is 7.80. The molecule has 3 N–H and O–H groups in total. The Bertz CT molecular complexity index is 1890. The van der Waals surface area contributed by atoms with Gasteiger partial charge in [0.1, 0.15) is 30.0 Å². The number of carbonyl (C=O) groups is 1. The molecule has 2 atom stereocenters. The van der Waals surface area contributed by atoms with Gasteiger partial charge in [0.25, 0.3) is 5.91 Å². The molecule has 5 rings (SSSR count). The zero-order chi connectivity index (χ0) is 33.9. The molecule has 0 saturated carbocycles. The molecule has 1 amide bonds. The van der Waals surface area contributed by atoms with Crippen LogP contribution in [0.2, 0.25) is 0 Å². The van der Waals surface area contributed by atoms with Gasteiger partial charge in [-0.15, -0.1) is 0 Å². The molecule has 4 aromatic carbocycles. The first kappa shape index (κ1) is 34.5. The van der Waals surface area contributed by atoms with Crippen LogP contribution in [0.3, 0.4) is 0 Å². The molecule has 0 aliphatic rings. The number of nitrogens with one attached hydrogen (secondary N) is 1. The van der Waals surface area contributed by atoms with Crippen LogP contribution < -0.4 is 14.2 Å². The minimum absolute atomic E-state index is 0.106. The summed E-state index contributed by atoms with van der Waals surface area (Å²) >= 11 is 0. The fraction of sp³-hybridized carbons (Fsp3) is 0.243. The predicted molar refractivity (Wildman–Crippen MR) is 185 cm³/mol. The maximum absolute atomic E-state index is 12.5. The number of rotatable bonds is 16. The molecule has 10 nitrogen and oxygen atoms in total. The Hall–Kier alpha value is -4.81. The van der Waals surface area contributed by atoms with Gasteiger partial charge < -0.3 is 19.7 Å². The number of amides is 1. The van der Waals surface area contributed by atoms with E-state index in [0.717, 1.165) is 11.1 Å². The SMILES string of the molecule is CCS(=O)(=O)NC(=O)c1ccc2c(Oc3ccc(C[C@@H](CO)N(Cc4ccccc4)C[C@H](O)COc4ccccc4)cc3)ccnc2c1. The van der Waals surface area contributed by atoms with Crippen LogP contribution in [0.1, 0.15) is 28.4 Å².